The van der Waals surface area contributed by atoms with Crippen LogP contribution in [-0.2, 0) is 10.0 Å². The Labute approximate surface area is 110 Å². The van der Waals surface area contributed by atoms with Crippen LogP contribution in [0.3, 0.4) is 0 Å². The molecule has 1 heterocycles. The molecule has 0 saturated carbocycles. The van der Waals surface area contributed by atoms with Gasteiger partial charge in [-0.05, 0) is 6.92 Å². The Hall–Kier alpha value is 0.410. The number of rotatable bonds is 4. The van der Waals surface area contributed by atoms with Crippen LogP contribution in [0.4, 0.5) is 0 Å². The molecular formula is C8H21Cl2N3O2S. The van der Waals surface area contributed by atoms with Gasteiger partial charge in [0.2, 0.25) is 10.0 Å². The van der Waals surface area contributed by atoms with E-state index in [9.17, 15) is 8.42 Å². The van der Waals surface area contributed by atoms with Gasteiger partial charge < -0.3 is 5.73 Å². The van der Waals surface area contributed by atoms with Crippen molar-refractivity contribution in [3.63, 3.8) is 0 Å². The van der Waals surface area contributed by atoms with Crippen molar-refractivity contribution in [2.45, 2.75) is 6.92 Å². The van der Waals surface area contributed by atoms with Gasteiger partial charge in [-0.25, -0.2) is 8.42 Å². The maximum Gasteiger partial charge on any atom is 0.213 e. The number of hydrogen-bond donors (Lipinski definition) is 1. The molecular weight excluding hydrogens is 273 g/mol. The van der Waals surface area contributed by atoms with Crippen LogP contribution in [0.15, 0.2) is 0 Å². The van der Waals surface area contributed by atoms with Crippen LogP contribution in [0.5, 0.6) is 0 Å². The maximum absolute atomic E-state index is 11.5. The van der Waals surface area contributed by atoms with Gasteiger partial charge in [0.15, 0.2) is 0 Å². The van der Waals surface area contributed by atoms with Gasteiger partial charge in [0.25, 0.3) is 0 Å². The number of sulfonamides is 1. The lowest BCUT2D eigenvalue weighted by atomic mass is 10.3. The van der Waals surface area contributed by atoms with Gasteiger partial charge >= 0.3 is 0 Å². The average Bonchev–Trinajstić information content (AvgIpc) is 2.19. The van der Waals surface area contributed by atoms with Crippen molar-refractivity contribution in [2.24, 2.45) is 5.73 Å². The largest absolute Gasteiger partial charge is 0.329 e. The molecule has 1 fully saturated rings. The van der Waals surface area contributed by atoms with Crippen molar-refractivity contribution in [3.05, 3.63) is 0 Å². The third-order valence-corrected chi connectivity index (χ3v) is 4.42. The first kappa shape index (κ1) is 18.8. The van der Waals surface area contributed by atoms with E-state index in [1.165, 1.54) is 0 Å². The molecule has 0 amide bonds. The first-order chi connectivity index (χ1) is 6.60. The third-order valence-electron chi connectivity index (χ3n) is 2.53. The molecule has 1 aliphatic heterocycles. The number of nitrogens with two attached hydrogens (primary N) is 1. The number of hydrogen-bond acceptors (Lipinski definition) is 4. The second-order valence-corrected chi connectivity index (χ2v) is 5.69. The third kappa shape index (κ3) is 5.16. The molecule has 0 aromatic rings. The van der Waals surface area contributed by atoms with Crippen LogP contribution in [0.1, 0.15) is 6.92 Å². The van der Waals surface area contributed by atoms with Crippen molar-refractivity contribution in [3.8, 4) is 0 Å². The zero-order valence-electron chi connectivity index (χ0n) is 9.46. The summed E-state index contributed by atoms with van der Waals surface area (Å²) in [5, 5.41) is 0. The molecule has 1 rings (SSSR count). The van der Waals surface area contributed by atoms with Crippen LogP contribution < -0.4 is 5.73 Å². The van der Waals surface area contributed by atoms with Crippen molar-refractivity contribution in [2.75, 3.05) is 45.0 Å². The summed E-state index contributed by atoms with van der Waals surface area (Å²) in [7, 11) is -2.98. The first-order valence-electron chi connectivity index (χ1n) is 5.00. The molecule has 100 valence electrons. The zero-order valence-corrected chi connectivity index (χ0v) is 11.9. The normalized spacial score (nSPS) is 18.6. The van der Waals surface area contributed by atoms with Crippen molar-refractivity contribution in [1.29, 1.82) is 0 Å². The van der Waals surface area contributed by atoms with Crippen LogP contribution in [-0.4, -0.2) is 62.6 Å². The summed E-state index contributed by atoms with van der Waals surface area (Å²) >= 11 is 0. The van der Waals surface area contributed by atoms with Gasteiger partial charge in [0, 0.05) is 39.3 Å². The SMILES string of the molecule is CCS(=O)(=O)N1CCN(CCN)CC1.Cl.Cl. The lowest BCUT2D eigenvalue weighted by molar-refractivity contribution is 0.193. The zero-order chi connectivity index (χ0) is 10.6. The minimum absolute atomic E-state index is 0. The topological polar surface area (TPSA) is 66.6 Å². The summed E-state index contributed by atoms with van der Waals surface area (Å²) in [6, 6.07) is 0. The molecule has 0 spiro atoms. The number of halogens is 2. The summed E-state index contributed by atoms with van der Waals surface area (Å²) in [6.45, 7) is 6.00. The molecule has 16 heavy (non-hydrogen) atoms. The Morgan fingerprint density at radius 2 is 1.62 bits per heavy atom. The summed E-state index contributed by atoms with van der Waals surface area (Å²) in [6.07, 6.45) is 0. The number of piperazine rings is 1. The van der Waals surface area contributed by atoms with E-state index in [0.29, 0.717) is 19.6 Å². The predicted molar refractivity (Wildman–Crippen MR) is 71.0 cm³/mol. The highest BCUT2D eigenvalue weighted by atomic mass is 35.5. The minimum Gasteiger partial charge on any atom is -0.329 e. The maximum atomic E-state index is 11.5. The fraction of sp³-hybridized carbons (Fsp3) is 1.00. The van der Waals surface area contributed by atoms with E-state index >= 15 is 0 Å². The van der Waals surface area contributed by atoms with Gasteiger partial charge in [-0.1, -0.05) is 0 Å². The average molecular weight is 294 g/mol. The van der Waals surface area contributed by atoms with E-state index in [2.05, 4.69) is 4.90 Å². The molecule has 8 heteroatoms. The quantitative estimate of drug-likeness (QED) is 0.777. The van der Waals surface area contributed by atoms with Crippen LogP contribution in [0.25, 0.3) is 0 Å². The van der Waals surface area contributed by atoms with Crippen molar-refractivity contribution >= 4 is 34.8 Å². The van der Waals surface area contributed by atoms with Gasteiger partial charge in [0.05, 0.1) is 5.75 Å². The van der Waals surface area contributed by atoms with Crippen LogP contribution in [0, 0.1) is 0 Å². The molecule has 0 aromatic heterocycles. The highest BCUT2D eigenvalue weighted by Gasteiger charge is 2.24. The standard InChI is InChI=1S/C8H19N3O2S.2ClH/c1-2-14(12,13)11-7-5-10(4-3-9)6-8-11;;/h2-9H2,1H3;2*1H. The van der Waals surface area contributed by atoms with Gasteiger partial charge in [-0.2, -0.15) is 4.31 Å². The van der Waals surface area contributed by atoms with Gasteiger partial charge in [0.1, 0.15) is 0 Å². The summed E-state index contributed by atoms with van der Waals surface area (Å²) in [5.74, 6) is 0.198. The van der Waals surface area contributed by atoms with E-state index in [4.69, 9.17) is 5.73 Å². The molecule has 0 aromatic carbocycles. The minimum atomic E-state index is -2.98. The summed E-state index contributed by atoms with van der Waals surface area (Å²) < 4.78 is 24.6. The molecule has 0 radical (unpaired) electrons. The van der Waals surface area contributed by atoms with E-state index in [-0.39, 0.29) is 30.6 Å². The van der Waals surface area contributed by atoms with E-state index in [1.807, 2.05) is 0 Å². The fourth-order valence-electron chi connectivity index (χ4n) is 1.60. The Bertz CT molecular complexity index is 266. The predicted octanol–water partition coefficient (Wildman–Crippen LogP) is -0.244. The van der Waals surface area contributed by atoms with E-state index in [0.717, 1.165) is 19.6 Å². The molecule has 0 aliphatic carbocycles. The molecule has 2 N–H and O–H groups in total. The summed E-state index contributed by atoms with van der Waals surface area (Å²) in [4.78, 5) is 2.20. The van der Waals surface area contributed by atoms with Crippen LogP contribution >= 0.6 is 24.8 Å². The highest BCUT2D eigenvalue weighted by Crippen LogP contribution is 2.06. The lowest BCUT2D eigenvalue weighted by Crippen LogP contribution is -2.50. The monoisotopic (exact) mass is 293 g/mol. The Balaban J connectivity index is 0. The molecule has 5 nitrogen and oxygen atoms in total. The Morgan fingerprint density at radius 1 is 1.12 bits per heavy atom. The van der Waals surface area contributed by atoms with Gasteiger partial charge in [-0.15, -0.1) is 24.8 Å². The summed E-state index contributed by atoms with van der Waals surface area (Å²) in [5.41, 5.74) is 5.43. The second kappa shape index (κ2) is 8.49. The van der Waals surface area contributed by atoms with Crippen molar-refractivity contribution in [1.82, 2.24) is 9.21 Å². The molecule has 0 unspecified atom stereocenters. The lowest BCUT2D eigenvalue weighted by Gasteiger charge is -2.33. The van der Waals surface area contributed by atoms with Crippen LogP contribution in [0.2, 0.25) is 0 Å². The van der Waals surface area contributed by atoms with Gasteiger partial charge in [-0.3, -0.25) is 4.90 Å². The second-order valence-electron chi connectivity index (χ2n) is 3.43. The van der Waals surface area contributed by atoms with E-state index < -0.39 is 10.0 Å². The molecule has 0 bridgehead atoms. The highest BCUT2D eigenvalue weighted by molar-refractivity contribution is 7.89. The van der Waals surface area contributed by atoms with E-state index in [1.54, 1.807) is 11.2 Å². The Morgan fingerprint density at radius 3 is 2.00 bits per heavy atom. The number of nitrogens with zero attached hydrogens (tertiary/aromatic N) is 2. The molecule has 0 atom stereocenters. The fourth-order valence-corrected chi connectivity index (χ4v) is 2.68. The molecule has 1 saturated heterocycles. The smallest absolute Gasteiger partial charge is 0.213 e. The molecule has 1 aliphatic rings. The first-order valence-corrected chi connectivity index (χ1v) is 6.61. The van der Waals surface area contributed by atoms with Crippen molar-refractivity contribution < 1.29 is 8.42 Å². The Kier molecular flexibility index (Phi) is 9.96.